The van der Waals surface area contributed by atoms with Gasteiger partial charge in [0, 0.05) is 37.9 Å². The van der Waals surface area contributed by atoms with Crippen molar-refractivity contribution in [3.8, 4) is 0 Å². The number of likely N-dealkylation sites (N-methyl/N-ethyl adjacent to an activating group) is 1. The van der Waals surface area contributed by atoms with Gasteiger partial charge in [-0.1, -0.05) is 0 Å². The van der Waals surface area contributed by atoms with Gasteiger partial charge in [0.2, 0.25) is 5.95 Å². The van der Waals surface area contributed by atoms with E-state index < -0.39 is 0 Å². The van der Waals surface area contributed by atoms with Gasteiger partial charge in [-0.3, -0.25) is 0 Å². The Balaban J connectivity index is 2.19. The third-order valence-electron chi connectivity index (χ3n) is 3.59. The van der Waals surface area contributed by atoms with Gasteiger partial charge < -0.3 is 15.1 Å². The molecular formula is C13H23N5. The van der Waals surface area contributed by atoms with Crippen molar-refractivity contribution in [3.63, 3.8) is 0 Å². The van der Waals surface area contributed by atoms with Crippen LogP contribution in [0.3, 0.4) is 0 Å². The molecule has 1 atom stereocenters. The first-order valence-corrected chi connectivity index (χ1v) is 6.54. The smallest absolute Gasteiger partial charge is 0.224 e. The molecule has 0 saturated carbocycles. The molecule has 0 amide bonds. The van der Waals surface area contributed by atoms with Crippen molar-refractivity contribution in [2.24, 2.45) is 0 Å². The van der Waals surface area contributed by atoms with Crippen molar-refractivity contribution in [1.29, 1.82) is 0 Å². The largest absolute Gasteiger partial charge is 0.357 e. The van der Waals surface area contributed by atoms with Crippen LogP contribution in [0.25, 0.3) is 0 Å². The van der Waals surface area contributed by atoms with E-state index in [1.54, 1.807) is 0 Å². The molecular weight excluding hydrogens is 226 g/mol. The summed E-state index contributed by atoms with van der Waals surface area (Å²) < 4.78 is 0. The Kier molecular flexibility index (Phi) is 4.01. The number of nitrogens with zero attached hydrogens (tertiary/aromatic N) is 4. The molecule has 100 valence electrons. The first-order chi connectivity index (χ1) is 8.61. The summed E-state index contributed by atoms with van der Waals surface area (Å²) in [6, 6.07) is 0.617. The summed E-state index contributed by atoms with van der Waals surface area (Å²) in [4.78, 5) is 13.5. The molecule has 1 unspecified atom stereocenters. The zero-order chi connectivity index (χ0) is 13.1. The molecule has 0 aromatic carbocycles. The molecule has 1 aromatic rings. The van der Waals surface area contributed by atoms with Crippen molar-refractivity contribution in [2.75, 3.05) is 44.4 Å². The maximum Gasteiger partial charge on any atom is 0.224 e. The molecule has 0 bridgehead atoms. The van der Waals surface area contributed by atoms with Gasteiger partial charge in [-0.15, -0.1) is 0 Å². The standard InChI is InChI=1S/C13H23N5/c1-10-8-15-13(14-2)16-12(10)18-7-5-6-11(9-18)17(3)4/h8,11H,5-7,9H2,1-4H3,(H,14,15,16). The fourth-order valence-electron chi connectivity index (χ4n) is 2.44. The summed E-state index contributed by atoms with van der Waals surface area (Å²) in [6.45, 7) is 4.22. The number of rotatable bonds is 3. The molecule has 0 spiro atoms. The van der Waals surface area contributed by atoms with E-state index in [0.717, 1.165) is 24.5 Å². The zero-order valence-electron chi connectivity index (χ0n) is 11.8. The highest BCUT2D eigenvalue weighted by atomic mass is 15.3. The molecule has 1 aromatic heterocycles. The summed E-state index contributed by atoms with van der Waals surface area (Å²) in [6.07, 6.45) is 4.39. The van der Waals surface area contributed by atoms with Gasteiger partial charge in [0.25, 0.3) is 0 Å². The maximum atomic E-state index is 4.59. The minimum atomic E-state index is 0.617. The molecule has 0 radical (unpaired) electrons. The average molecular weight is 249 g/mol. The number of nitrogens with one attached hydrogen (secondary N) is 1. The predicted octanol–water partition coefficient (Wildman–Crippen LogP) is 1.36. The summed E-state index contributed by atoms with van der Waals surface area (Å²) in [7, 11) is 6.16. The van der Waals surface area contributed by atoms with E-state index in [1.807, 2.05) is 13.2 Å². The number of anilines is 2. The Morgan fingerprint density at radius 2 is 2.22 bits per heavy atom. The van der Waals surface area contributed by atoms with Crippen LogP contribution in [-0.2, 0) is 0 Å². The van der Waals surface area contributed by atoms with E-state index in [9.17, 15) is 0 Å². The number of piperidine rings is 1. The molecule has 2 heterocycles. The van der Waals surface area contributed by atoms with Crippen LogP contribution in [0.15, 0.2) is 6.20 Å². The van der Waals surface area contributed by atoms with Crippen LogP contribution < -0.4 is 10.2 Å². The number of hydrogen-bond acceptors (Lipinski definition) is 5. The highest BCUT2D eigenvalue weighted by Crippen LogP contribution is 2.23. The fraction of sp³-hybridized carbons (Fsp3) is 0.692. The molecule has 5 heteroatoms. The summed E-state index contributed by atoms with van der Waals surface area (Å²) in [5.74, 6) is 1.77. The molecule has 1 fully saturated rings. The van der Waals surface area contributed by atoms with Crippen molar-refractivity contribution in [3.05, 3.63) is 11.8 Å². The van der Waals surface area contributed by atoms with Gasteiger partial charge in [0.05, 0.1) is 0 Å². The van der Waals surface area contributed by atoms with E-state index in [4.69, 9.17) is 0 Å². The molecule has 5 nitrogen and oxygen atoms in total. The van der Waals surface area contributed by atoms with Gasteiger partial charge in [0.15, 0.2) is 0 Å². The first kappa shape index (κ1) is 13.1. The van der Waals surface area contributed by atoms with E-state index in [-0.39, 0.29) is 0 Å². The van der Waals surface area contributed by atoms with Crippen LogP contribution in [0, 0.1) is 6.92 Å². The Morgan fingerprint density at radius 1 is 1.44 bits per heavy atom. The molecule has 1 saturated heterocycles. The minimum Gasteiger partial charge on any atom is -0.357 e. The molecule has 1 aliphatic heterocycles. The third kappa shape index (κ3) is 2.72. The summed E-state index contributed by atoms with van der Waals surface area (Å²) >= 11 is 0. The van der Waals surface area contributed by atoms with Crippen molar-refractivity contribution in [2.45, 2.75) is 25.8 Å². The highest BCUT2D eigenvalue weighted by Gasteiger charge is 2.23. The lowest BCUT2D eigenvalue weighted by molar-refractivity contribution is 0.257. The average Bonchev–Trinajstić information content (AvgIpc) is 2.39. The van der Waals surface area contributed by atoms with Gasteiger partial charge in [-0.05, 0) is 33.9 Å². The Bertz CT molecular complexity index is 404. The Morgan fingerprint density at radius 3 is 2.89 bits per heavy atom. The summed E-state index contributed by atoms with van der Waals surface area (Å²) in [5, 5.41) is 3.01. The second kappa shape index (κ2) is 5.52. The van der Waals surface area contributed by atoms with Gasteiger partial charge in [-0.2, -0.15) is 4.98 Å². The van der Waals surface area contributed by atoms with Crippen molar-refractivity contribution in [1.82, 2.24) is 14.9 Å². The highest BCUT2D eigenvalue weighted by molar-refractivity contribution is 5.49. The minimum absolute atomic E-state index is 0.617. The number of hydrogen-bond donors (Lipinski definition) is 1. The molecule has 1 N–H and O–H groups in total. The zero-order valence-corrected chi connectivity index (χ0v) is 11.8. The monoisotopic (exact) mass is 249 g/mol. The first-order valence-electron chi connectivity index (χ1n) is 6.54. The van der Waals surface area contributed by atoms with Crippen molar-refractivity contribution < 1.29 is 0 Å². The SMILES string of the molecule is CNc1ncc(C)c(N2CCCC(N(C)C)C2)n1. The second-order valence-corrected chi connectivity index (χ2v) is 5.16. The number of aryl methyl sites for hydroxylation is 1. The third-order valence-corrected chi connectivity index (χ3v) is 3.59. The second-order valence-electron chi connectivity index (χ2n) is 5.16. The maximum absolute atomic E-state index is 4.59. The molecule has 1 aliphatic rings. The predicted molar refractivity (Wildman–Crippen MR) is 75.2 cm³/mol. The van der Waals surface area contributed by atoms with Crippen LogP contribution in [0.4, 0.5) is 11.8 Å². The lowest BCUT2D eigenvalue weighted by atomic mass is 10.0. The van der Waals surface area contributed by atoms with Crippen LogP contribution in [-0.4, -0.2) is 55.1 Å². The fourth-order valence-corrected chi connectivity index (χ4v) is 2.44. The van der Waals surface area contributed by atoms with E-state index >= 15 is 0 Å². The van der Waals surface area contributed by atoms with Crippen LogP contribution >= 0.6 is 0 Å². The van der Waals surface area contributed by atoms with Crippen molar-refractivity contribution >= 4 is 11.8 Å². The lowest BCUT2D eigenvalue weighted by Crippen LogP contribution is -2.45. The topological polar surface area (TPSA) is 44.3 Å². The Labute approximate surface area is 109 Å². The van der Waals surface area contributed by atoms with Gasteiger partial charge in [0.1, 0.15) is 5.82 Å². The lowest BCUT2D eigenvalue weighted by Gasteiger charge is -2.37. The molecule has 0 aliphatic carbocycles. The number of aromatic nitrogens is 2. The van der Waals surface area contributed by atoms with Crippen LogP contribution in [0.1, 0.15) is 18.4 Å². The van der Waals surface area contributed by atoms with Crippen LogP contribution in [0.5, 0.6) is 0 Å². The molecule has 2 rings (SSSR count). The molecule has 18 heavy (non-hydrogen) atoms. The van der Waals surface area contributed by atoms with E-state index in [1.165, 1.54) is 12.8 Å². The summed E-state index contributed by atoms with van der Waals surface area (Å²) in [5.41, 5.74) is 1.15. The van der Waals surface area contributed by atoms with Gasteiger partial charge in [-0.25, -0.2) is 4.98 Å². The van der Waals surface area contributed by atoms with E-state index in [0.29, 0.717) is 12.0 Å². The van der Waals surface area contributed by atoms with Gasteiger partial charge >= 0.3 is 0 Å². The quantitative estimate of drug-likeness (QED) is 0.876. The normalized spacial score (nSPS) is 20.3. The van der Waals surface area contributed by atoms with Crippen LogP contribution in [0.2, 0.25) is 0 Å². The van der Waals surface area contributed by atoms with E-state index in [2.05, 4.69) is 46.1 Å². The Hall–Kier alpha value is -1.36.